The van der Waals surface area contributed by atoms with E-state index in [4.69, 9.17) is 26.6 Å². The summed E-state index contributed by atoms with van der Waals surface area (Å²) in [5.41, 5.74) is 1.29. The monoisotopic (exact) mass is 416 g/mol. The number of ether oxygens (including phenoxy) is 1. The highest BCUT2D eigenvalue weighted by atomic mass is 35.5. The summed E-state index contributed by atoms with van der Waals surface area (Å²) in [7, 11) is 0. The predicted molar refractivity (Wildman–Crippen MR) is 110 cm³/mol. The number of aliphatic hydroxyl groups is 2. The van der Waals surface area contributed by atoms with Crippen LogP contribution in [0, 0.1) is 12.8 Å². The van der Waals surface area contributed by atoms with E-state index >= 15 is 0 Å². The number of aryl methyl sites for hydroxylation is 2. The van der Waals surface area contributed by atoms with Crippen LogP contribution in [0.25, 0.3) is 11.2 Å². The lowest BCUT2D eigenvalue weighted by Crippen LogP contribution is -2.19. The predicted octanol–water partition coefficient (Wildman–Crippen LogP) is 3.50. The number of fused-ring (bicyclic) bond motifs is 1. The third-order valence-electron chi connectivity index (χ3n) is 3.36. The molecule has 0 radical (unpaired) electrons. The average Bonchev–Trinajstić information content (AvgIpc) is 2.99. The molecule has 8 nitrogen and oxygen atoms in total. The third kappa shape index (κ3) is 9.43. The Morgan fingerprint density at radius 2 is 1.86 bits per heavy atom. The van der Waals surface area contributed by atoms with Crippen molar-refractivity contribution in [2.75, 3.05) is 6.61 Å². The fourth-order valence-corrected chi connectivity index (χ4v) is 2.47. The van der Waals surface area contributed by atoms with Gasteiger partial charge in [0.05, 0.1) is 18.9 Å². The van der Waals surface area contributed by atoms with Crippen molar-refractivity contribution in [2.24, 2.45) is 5.92 Å². The smallest absolute Gasteiger partial charge is 0.308 e. The molecule has 28 heavy (non-hydrogen) atoms. The van der Waals surface area contributed by atoms with Gasteiger partial charge in [0.25, 0.3) is 0 Å². The van der Waals surface area contributed by atoms with E-state index in [1.165, 1.54) is 13.8 Å². The lowest BCUT2D eigenvalue weighted by molar-refractivity contribution is -0.148. The molecule has 1 unspecified atom stereocenters. The van der Waals surface area contributed by atoms with Gasteiger partial charge in [0.2, 0.25) is 0 Å². The zero-order valence-corrected chi connectivity index (χ0v) is 18.6. The molecule has 0 aliphatic rings. The molecule has 0 aliphatic heterocycles. The number of nitrogens with zero attached hydrogens (tertiary/aromatic N) is 4. The number of aromatic nitrogens is 4. The molecule has 2 rings (SSSR count). The molecule has 0 amide bonds. The maximum Gasteiger partial charge on any atom is 0.308 e. The van der Waals surface area contributed by atoms with Crippen LogP contribution in [0.2, 0.25) is 5.15 Å². The van der Waals surface area contributed by atoms with E-state index in [0.29, 0.717) is 41.7 Å². The maximum absolute atomic E-state index is 11.8. The highest BCUT2D eigenvalue weighted by molar-refractivity contribution is 6.33. The number of carbonyl (C=O) groups excluding carboxylic acids is 1. The van der Waals surface area contributed by atoms with E-state index in [0.717, 1.165) is 6.42 Å². The van der Waals surface area contributed by atoms with Gasteiger partial charge in [-0.2, -0.15) is 0 Å². The van der Waals surface area contributed by atoms with Gasteiger partial charge in [-0.3, -0.25) is 4.79 Å². The van der Waals surface area contributed by atoms with Gasteiger partial charge >= 0.3 is 5.97 Å². The largest absolute Gasteiger partial charge is 0.466 e. The zero-order chi connectivity index (χ0) is 21.9. The van der Waals surface area contributed by atoms with Gasteiger partial charge in [0.15, 0.2) is 16.6 Å². The molecule has 0 saturated carbocycles. The summed E-state index contributed by atoms with van der Waals surface area (Å²) in [6.07, 6.45) is 3.12. The molecule has 0 fully saturated rings. The van der Waals surface area contributed by atoms with Crippen molar-refractivity contribution in [3.05, 3.63) is 17.3 Å². The minimum atomic E-state index is -1.50. The van der Waals surface area contributed by atoms with Crippen LogP contribution in [0.5, 0.6) is 0 Å². The second kappa shape index (κ2) is 12.6. The van der Waals surface area contributed by atoms with Crippen LogP contribution in [0.1, 0.15) is 60.2 Å². The fourth-order valence-electron chi connectivity index (χ4n) is 2.22. The standard InChI is InChI=1S/C14H19ClN4O2.C3H8O2.C2H6/c1-4-10(14(20)21-5-2)6-7-19-8-16-11-12(15)17-9(3)18-13(11)19;1-3(2,4)5;1-2/h8,10H,4-7H2,1-3H3;4-5H,1-2H3;1-2H3. The molecule has 0 aliphatic carbocycles. The van der Waals surface area contributed by atoms with Crippen molar-refractivity contribution >= 4 is 28.7 Å². The van der Waals surface area contributed by atoms with Crippen LogP contribution >= 0.6 is 11.6 Å². The summed E-state index contributed by atoms with van der Waals surface area (Å²) in [6, 6.07) is 0. The van der Waals surface area contributed by atoms with Crippen molar-refractivity contribution in [3.8, 4) is 0 Å². The number of carbonyl (C=O) groups is 1. The van der Waals surface area contributed by atoms with Crippen molar-refractivity contribution in [1.29, 1.82) is 0 Å². The summed E-state index contributed by atoms with van der Waals surface area (Å²) >= 11 is 6.06. The summed E-state index contributed by atoms with van der Waals surface area (Å²) in [5.74, 6) is -1.15. The summed E-state index contributed by atoms with van der Waals surface area (Å²) < 4.78 is 6.98. The fraction of sp³-hybridized carbons (Fsp3) is 0.684. The van der Waals surface area contributed by atoms with Crippen LogP contribution in [0.3, 0.4) is 0 Å². The molecule has 160 valence electrons. The first kappa shape index (κ1) is 26.2. The first-order valence-electron chi connectivity index (χ1n) is 9.53. The van der Waals surface area contributed by atoms with Crippen molar-refractivity contribution < 1.29 is 19.7 Å². The molecule has 0 aromatic carbocycles. The average molecular weight is 417 g/mol. The molecular weight excluding hydrogens is 384 g/mol. The SMILES string of the molecule is CC.CC(C)(O)O.CCOC(=O)C(CC)CCn1cnc2c(Cl)nc(C)nc21. The summed E-state index contributed by atoms with van der Waals surface area (Å²) in [6.45, 7) is 13.2. The van der Waals surface area contributed by atoms with E-state index in [-0.39, 0.29) is 11.9 Å². The van der Waals surface area contributed by atoms with Gasteiger partial charge in [-0.15, -0.1) is 0 Å². The highest BCUT2D eigenvalue weighted by Gasteiger charge is 2.18. The second-order valence-corrected chi connectivity index (χ2v) is 6.67. The Morgan fingerprint density at radius 1 is 1.29 bits per heavy atom. The minimum absolute atomic E-state index is 0.110. The van der Waals surface area contributed by atoms with Gasteiger partial charge in [-0.25, -0.2) is 15.0 Å². The molecule has 9 heteroatoms. The van der Waals surface area contributed by atoms with Crippen LogP contribution in [0.4, 0.5) is 0 Å². The van der Waals surface area contributed by atoms with Gasteiger partial charge < -0.3 is 19.5 Å². The Kier molecular flexibility index (Phi) is 11.8. The van der Waals surface area contributed by atoms with E-state index in [1.807, 2.05) is 32.3 Å². The summed E-state index contributed by atoms with van der Waals surface area (Å²) in [5, 5.41) is 16.5. The lowest BCUT2D eigenvalue weighted by atomic mass is 10.0. The van der Waals surface area contributed by atoms with Crippen LogP contribution < -0.4 is 0 Å². The Hall–Kier alpha value is -1.77. The second-order valence-electron chi connectivity index (χ2n) is 6.31. The minimum Gasteiger partial charge on any atom is -0.466 e. The molecule has 1 atom stereocenters. The molecule has 0 spiro atoms. The quantitative estimate of drug-likeness (QED) is 0.421. The molecule has 0 saturated heterocycles. The van der Waals surface area contributed by atoms with Gasteiger partial charge in [-0.05, 0) is 40.5 Å². The van der Waals surface area contributed by atoms with Crippen molar-refractivity contribution in [3.63, 3.8) is 0 Å². The lowest BCUT2D eigenvalue weighted by Gasteiger charge is -2.13. The van der Waals surface area contributed by atoms with Crippen molar-refractivity contribution in [2.45, 2.75) is 73.6 Å². The number of hydrogen-bond donors (Lipinski definition) is 2. The molecular formula is C19H33ClN4O4. The van der Waals surface area contributed by atoms with Gasteiger partial charge in [-0.1, -0.05) is 32.4 Å². The Labute approximate surface area is 171 Å². The topological polar surface area (TPSA) is 110 Å². The first-order valence-corrected chi connectivity index (χ1v) is 9.90. The molecule has 2 heterocycles. The van der Waals surface area contributed by atoms with Gasteiger partial charge in [0, 0.05) is 6.54 Å². The number of rotatable bonds is 6. The molecule has 2 aromatic rings. The van der Waals surface area contributed by atoms with Crippen molar-refractivity contribution in [1.82, 2.24) is 19.5 Å². The highest BCUT2D eigenvalue weighted by Crippen LogP contribution is 2.20. The van der Waals surface area contributed by atoms with Crippen LogP contribution in [0.15, 0.2) is 6.33 Å². The van der Waals surface area contributed by atoms with E-state index in [1.54, 1.807) is 13.3 Å². The Morgan fingerprint density at radius 3 is 2.36 bits per heavy atom. The molecule has 0 bridgehead atoms. The summed E-state index contributed by atoms with van der Waals surface area (Å²) in [4.78, 5) is 24.5. The maximum atomic E-state index is 11.8. The van der Waals surface area contributed by atoms with Gasteiger partial charge in [0.1, 0.15) is 11.3 Å². The third-order valence-corrected chi connectivity index (χ3v) is 3.63. The van der Waals surface area contributed by atoms with Crippen LogP contribution in [-0.4, -0.2) is 48.1 Å². The molecule has 2 N–H and O–H groups in total. The Bertz CT molecular complexity index is 723. The first-order chi connectivity index (χ1) is 13.1. The number of imidazole rings is 1. The van der Waals surface area contributed by atoms with Crippen LogP contribution in [-0.2, 0) is 16.1 Å². The van der Waals surface area contributed by atoms with E-state index < -0.39 is 5.79 Å². The number of hydrogen-bond acceptors (Lipinski definition) is 7. The number of esters is 1. The van der Waals surface area contributed by atoms with E-state index in [2.05, 4.69) is 15.0 Å². The Balaban J connectivity index is 0.000000906. The number of halogens is 1. The normalized spacial score (nSPS) is 11.8. The molecule has 2 aromatic heterocycles. The van der Waals surface area contributed by atoms with E-state index in [9.17, 15) is 4.79 Å². The zero-order valence-electron chi connectivity index (χ0n) is 17.9.